The zero-order valence-corrected chi connectivity index (χ0v) is 18.0. The molecule has 1 heterocycles. The number of carbonyl (C=O) groups excluding carboxylic acids is 2. The van der Waals surface area contributed by atoms with E-state index in [9.17, 15) is 27.2 Å². The van der Waals surface area contributed by atoms with E-state index < -0.39 is 23.4 Å². The highest BCUT2D eigenvalue weighted by atomic mass is 19.4. The molecule has 1 aromatic heterocycles. The molecule has 0 radical (unpaired) electrons. The molecular formula is C23H20F4N4O3. The third kappa shape index (κ3) is 5.80. The predicted octanol–water partition coefficient (Wildman–Crippen LogP) is 5.62. The molecule has 11 heteroatoms. The molecule has 3 rings (SSSR count). The van der Waals surface area contributed by atoms with Gasteiger partial charge in [0.1, 0.15) is 17.2 Å². The van der Waals surface area contributed by atoms with Crippen molar-refractivity contribution in [3.63, 3.8) is 0 Å². The molecule has 0 aliphatic rings. The Bertz CT molecular complexity index is 1160. The van der Waals surface area contributed by atoms with Crippen LogP contribution >= 0.6 is 0 Å². The molecule has 3 aromatic rings. The molecule has 1 unspecified atom stereocenters. The average molecular weight is 476 g/mol. The highest BCUT2D eigenvalue weighted by Gasteiger charge is 2.53. The van der Waals surface area contributed by atoms with E-state index in [1.165, 1.54) is 31.4 Å². The van der Waals surface area contributed by atoms with Crippen molar-refractivity contribution in [2.24, 2.45) is 0 Å². The monoisotopic (exact) mass is 476 g/mol. The molecule has 3 amide bonds. The number of carbonyl (C=O) groups is 2. The summed E-state index contributed by atoms with van der Waals surface area (Å²) in [6.07, 6.45) is -3.62. The van der Waals surface area contributed by atoms with Crippen molar-refractivity contribution in [1.29, 1.82) is 0 Å². The number of rotatable bonds is 6. The number of benzene rings is 2. The molecule has 0 spiro atoms. The fourth-order valence-electron chi connectivity index (χ4n) is 2.79. The van der Waals surface area contributed by atoms with Crippen LogP contribution in [-0.2, 0) is 5.67 Å². The first-order valence-corrected chi connectivity index (χ1v) is 9.90. The number of hydrogen-bond donors (Lipinski definition) is 3. The van der Waals surface area contributed by atoms with Gasteiger partial charge in [0.05, 0.1) is 0 Å². The number of ether oxygens (including phenoxy) is 1. The zero-order valence-electron chi connectivity index (χ0n) is 18.0. The van der Waals surface area contributed by atoms with Crippen molar-refractivity contribution < 1.29 is 31.9 Å². The molecule has 178 valence electrons. The number of nitrogens with zero attached hydrogens (tertiary/aromatic N) is 1. The van der Waals surface area contributed by atoms with Crippen LogP contribution in [0.1, 0.15) is 23.0 Å². The van der Waals surface area contributed by atoms with E-state index in [-0.39, 0.29) is 17.3 Å². The number of urea groups is 1. The van der Waals surface area contributed by atoms with Crippen LogP contribution in [0.4, 0.5) is 33.7 Å². The topological polar surface area (TPSA) is 92.4 Å². The highest BCUT2D eigenvalue weighted by molar-refractivity contribution is 5.99. The Labute approximate surface area is 192 Å². The van der Waals surface area contributed by atoms with Gasteiger partial charge in [-0.1, -0.05) is 12.1 Å². The lowest BCUT2D eigenvalue weighted by Gasteiger charge is -2.24. The minimum atomic E-state index is -5.06. The third-order valence-corrected chi connectivity index (χ3v) is 4.76. The Balaban J connectivity index is 1.58. The second-order valence-electron chi connectivity index (χ2n) is 7.24. The lowest BCUT2D eigenvalue weighted by Crippen LogP contribution is -2.34. The van der Waals surface area contributed by atoms with Crippen LogP contribution in [-0.4, -0.2) is 30.1 Å². The largest absolute Gasteiger partial charge is 0.457 e. The number of anilines is 2. The first-order chi connectivity index (χ1) is 16.0. The number of pyridine rings is 1. The smallest absolute Gasteiger partial charge is 0.426 e. The summed E-state index contributed by atoms with van der Waals surface area (Å²) < 4.78 is 58.1. The summed E-state index contributed by atoms with van der Waals surface area (Å²) in [6.45, 7) is 0.436. The molecule has 0 bridgehead atoms. The third-order valence-electron chi connectivity index (χ3n) is 4.76. The Morgan fingerprint density at radius 1 is 0.853 bits per heavy atom. The van der Waals surface area contributed by atoms with Crippen LogP contribution in [0.5, 0.6) is 11.5 Å². The fourth-order valence-corrected chi connectivity index (χ4v) is 2.79. The number of alkyl halides is 4. The Hall–Kier alpha value is -4.15. The molecule has 3 N–H and O–H groups in total. The van der Waals surface area contributed by atoms with Crippen molar-refractivity contribution >= 4 is 23.3 Å². The molecule has 2 aromatic carbocycles. The Kier molecular flexibility index (Phi) is 7.04. The number of hydrogen-bond acceptors (Lipinski definition) is 4. The number of nitrogens with one attached hydrogen (secondary N) is 3. The van der Waals surface area contributed by atoms with Crippen molar-refractivity contribution in [3.8, 4) is 11.5 Å². The molecule has 0 aliphatic heterocycles. The minimum absolute atomic E-state index is 0.184. The van der Waals surface area contributed by atoms with E-state index in [1.807, 2.05) is 0 Å². The van der Waals surface area contributed by atoms with Gasteiger partial charge >= 0.3 is 12.2 Å². The fraction of sp³-hybridized carbons (Fsp3) is 0.174. The summed E-state index contributed by atoms with van der Waals surface area (Å²) in [6, 6.07) is 13.0. The van der Waals surface area contributed by atoms with Gasteiger partial charge in [-0.25, -0.2) is 9.18 Å². The average Bonchev–Trinajstić information content (AvgIpc) is 2.79. The maximum atomic E-state index is 14.0. The molecule has 1 atom stereocenters. The zero-order chi connectivity index (χ0) is 24.9. The summed E-state index contributed by atoms with van der Waals surface area (Å²) in [5.41, 5.74) is -3.28. The van der Waals surface area contributed by atoms with E-state index >= 15 is 0 Å². The van der Waals surface area contributed by atoms with E-state index in [0.717, 1.165) is 12.1 Å². The van der Waals surface area contributed by atoms with Crippen LogP contribution in [0.3, 0.4) is 0 Å². The lowest BCUT2D eigenvalue weighted by atomic mass is 9.97. The molecule has 0 saturated heterocycles. The van der Waals surface area contributed by atoms with E-state index in [0.29, 0.717) is 24.1 Å². The Morgan fingerprint density at radius 2 is 1.41 bits per heavy atom. The standard InChI is InChI=1S/C23H20F4N4O3/c1-22(24,23(25,26)27)14-3-5-15(6-4-14)30-21(33)31-16-7-9-17(10-8-16)34-18-11-12-29-19(13-18)20(32)28-2/h3-13H,1-2H3,(H,28,32)(H2,30,31,33). The van der Waals surface area contributed by atoms with Crippen LogP contribution < -0.4 is 20.7 Å². The maximum Gasteiger partial charge on any atom is 0.426 e. The second-order valence-corrected chi connectivity index (χ2v) is 7.24. The van der Waals surface area contributed by atoms with Gasteiger partial charge in [0, 0.05) is 30.7 Å². The molecule has 7 nitrogen and oxygen atoms in total. The van der Waals surface area contributed by atoms with Gasteiger partial charge < -0.3 is 20.7 Å². The van der Waals surface area contributed by atoms with Gasteiger partial charge in [-0.3, -0.25) is 9.78 Å². The summed E-state index contributed by atoms with van der Waals surface area (Å²) in [5.74, 6) is 0.477. The number of halogens is 4. The number of aromatic nitrogens is 1. The van der Waals surface area contributed by atoms with Gasteiger partial charge in [0.2, 0.25) is 5.67 Å². The quantitative estimate of drug-likeness (QED) is 0.403. The van der Waals surface area contributed by atoms with E-state index in [4.69, 9.17) is 4.74 Å². The summed E-state index contributed by atoms with van der Waals surface area (Å²) >= 11 is 0. The summed E-state index contributed by atoms with van der Waals surface area (Å²) in [5, 5.41) is 7.48. The molecular weight excluding hydrogens is 456 g/mol. The Morgan fingerprint density at radius 3 is 1.94 bits per heavy atom. The van der Waals surface area contributed by atoms with Crippen LogP contribution in [0.15, 0.2) is 66.9 Å². The second kappa shape index (κ2) is 9.77. The SMILES string of the molecule is CNC(=O)c1cc(Oc2ccc(NC(=O)Nc3ccc(C(C)(F)C(F)(F)F)cc3)cc2)ccn1. The first-order valence-electron chi connectivity index (χ1n) is 9.90. The van der Waals surface area contributed by atoms with E-state index in [2.05, 4.69) is 20.9 Å². The van der Waals surface area contributed by atoms with Crippen LogP contribution in [0.2, 0.25) is 0 Å². The molecule has 0 aliphatic carbocycles. The van der Waals surface area contributed by atoms with Gasteiger partial charge in [-0.15, -0.1) is 0 Å². The van der Waals surface area contributed by atoms with Crippen LogP contribution in [0.25, 0.3) is 0 Å². The van der Waals surface area contributed by atoms with Crippen LogP contribution in [0, 0.1) is 0 Å². The summed E-state index contributed by atoms with van der Waals surface area (Å²) in [7, 11) is 1.49. The van der Waals surface area contributed by atoms with Gasteiger partial charge in [-0.2, -0.15) is 13.2 Å². The van der Waals surface area contributed by atoms with Gasteiger partial charge in [0.25, 0.3) is 5.91 Å². The molecule has 0 saturated carbocycles. The maximum absolute atomic E-state index is 14.0. The van der Waals surface area contributed by atoms with Crippen molar-refractivity contribution in [3.05, 3.63) is 78.1 Å². The lowest BCUT2D eigenvalue weighted by molar-refractivity contribution is -0.228. The number of amides is 3. The normalized spacial score (nSPS) is 12.9. The van der Waals surface area contributed by atoms with Gasteiger partial charge in [0.15, 0.2) is 0 Å². The summed E-state index contributed by atoms with van der Waals surface area (Å²) in [4.78, 5) is 27.8. The van der Waals surface area contributed by atoms with Crippen molar-refractivity contribution in [1.82, 2.24) is 10.3 Å². The van der Waals surface area contributed by atoms with Crippen molar-refractivity contribution in [2.45, 2.75) is 18.8 Å². The van der Waals surface area contributed by atoms with Crippen molar-refractivity contribution in [2.75, 3.05) is 17.7 Å². The highest BCUT2D eigenvalue weighted by Crippen LogP contribution is 2.42. The minimum Gasteiger partial charge on any atom is -0.457 e. The van der Waals surface area contributed by atoms with Gasteiger partial charge in [-0.05, 0) is 55.0 Å². The predicted molar refractivity (Wildman–Crippen MR) is 118 cm³/mol. The first kappa shape index (κ1) is 24.5. The van der Waals surface area contributed by atoms with E-state index in [1.54, 1.807) is 30.3 Å². The molecule has 34 heavy (non-hydrogen) atoms. The molecule has 0 fully saturated rings.